The molecule has 1 aromatic carbocycles. The van der Waals surface area contributed by atoms with E-state index in [1.54, 1.807) is 6.08 Å². The number of halogens is 1. The number of anilines is 1. The molecule has 1 saturated heterocycles. The second-order valence-corrected chi connectivity index (χ2v) is 5.82. The first-order valence-electron chi connectivity index (χ1n) is 7.35. The third kappa shape index (κ3) is 4.22. The van der Waals surface area contributed by atoms with Gasteiger partial charge in [-0.15, -0.1) is 6.58 Å². The van der Waals surface area contributed by atoms with Crippen LogP contribution in [0.5, 0.6) is 0 Å². The molecule has 1 amide bonds. The Morgan fingerprint density at radius 1 is 1.52 bits per heavy atom. The number of carbonyl (C=O) groups is 1. The highest BCUT2D eigenvalue weighted by molar-refractivity contribution is 6.30. The maximum atomic E-state index is 12.0. The van der Waals surface area contributed by atoms with Crippen LogP contribution < -0.4 is 15.1 Å². The highest BCUT2D eigenvalue weighted by Crippen LogP contribution is 2.19. The minimum Gasteiger partial charge on any atom is -0.360 e. The van der Waals surface area contributed by atoms with Crippen molar-refractivity contribution >= 4 is 23.2 Å². The first-order chi connectivity index (χ1) is 10.1. The van der Waals surface area contributed by atoms with Gasteiger partial charge in [0, 0.05) is 17.3 Å². The fourth-order valence-corrected chi connectivity index (χ4v) is 2.85. The van der Waals surface area contributed by atoms with Crippen molar-refractivity contribution in [2.45, 2.75) is 13.0 Å². The van der Waals surface area contributed by atoms with Crippen LogP contribution in [0.2, 0.25) is 5.02 Å². The van der Waals surface area contributed by atoms with Crippen molar-refractivity contribution in [3.63, 3.8) is 0 Å². The smallest absolute Gasteiger partial charge is 0.278 e. The maximum absolute atomic E-state index is 12.0. The Bertz CT molecular complexity index is 498. The van der Waals surface area contributed by atoms with Crippen LogP contribution in [-0.4, -0.2) is 44.7 Å². The summed E-state index contributed by atoms with van der Waals surface area (Å²) in [6.07, 6.45) is 1.71. The molecule has 0 bridgehead atoms. The Hall–Kier alpha value is -1.52. The largest absolute Gasteiger partial charge is 0.360 e. The van der Waals surface area contributed by atoms with E-state index in [9.17, 15) is 4.79 Å². The summed E-state index contributed by atoms with van der Waals surface area (Å²) in [5, 5.41) is 3.63. The molecule has 0 aromatic heterocycles. The monoisotopic (exact) mass is 308 g/mol. The highest BCUT2D eigenvalue weighted by atomic mass is 35.5. The predicted octanol–water partition coefficient (Wildman–Crippen LogP) is 0.736. The van der Waals surface area contributed by atoms with Crippen molar-refractivity contribution in [2.24, 2.45) is 0 Å². The van der Waals surface area contributed by atoms with E-state index in [4.69, 9.17) is 11.6 Å². The predicted molar refractivity (Wildman–Crippen MR) is 87.0 cm³/mol. The molecule has 5 heteroatoms. The van der Waals surface area contributed by atoms with Crippen LogP contribution in [-0.2, 0) is 4.79 Å². The molecule has 0 unspecified atom stereocenters. The fourth-order valence-electron chi connectivity index (χ4n) is 2.67. The summed E-state index contributed by atoms with van der Waals surface area (Å²) in [7, 11) is 0. The summed E-state index contributed by atoms with van der Waals surface area (Å²) in [4.78, 5) is 15.6. The number of quaternary nitrogens is 1. The van der Waals surface area contributed by atoms with Gasteiger partial charge in [-0.05, 0) is 25.1 Å². The van der Waals surface area contributed by atoms with Gasteiger partial charge in [-0.25, -0.2) is 0 Å². The lowest BCUT2D eigenvalue weighted by Crippen LogP contribution is -3.19. The summed E-state index contributed by atoms with van der Waals surface area (Å²) in [6, 6.07) is 7.91. The molecule has 1 aliphatic rings. The zero-order valence-electron chi connectivity index (χ0n) is 12.4. The van der Waals surface area contributed by atoms with E-state index >= 15 is 0 Å². The molecule has 0 aliphatic carbocycles. The molecule has 4 nitrogen and oxygen atoms in total. The van der Waals surface area contributed by atoms with Crippen LogP contribution in [0.4, 0.5) is 5.69 Å². The molecular weight excluding hydrogens is 286 g/mol. The Kier molecular flexibility index (Phi) is 5.65. The normalized spacial score (nSPS) is 17.3. The Morgan fingerprint density at radius 3 is 2.86 bits per heavy atom. The van der Waals surface area contributed by atoms with Crippen LogP contribution in [0.1, 0.15) is 6.92 Å². The molecule has 114 valence electrons. The first kappa shape index (κ1) is 15.9. The highest BCUT2D eigenvalue weighted by Gasteiger charge is 2.28. The molecule has 0 radical (unpaired) electrons. The van der Waals surface area contributed by atoms with Crippen LogP contribution in [0, 0.1) is 0 Å². The van der Waals surface area contributed by atoms with Gasteiger partial charge < -0.3 is 15.1 Å². The van der Waals surface area contributed by atoms with Gasteiger partial charge in [0.05, 0.1) is 26.2 Å². The van der Waals surface area contributed by atoms with E-state index in [1.165, 1.54) is 4.90 Å². The SMILES string of the molecule is C=CCNC(=O)[C@@H](C)[NH+]1CCN(c2cccc(Cl)c2)CC1. The molecule has 1 atom stereocenters. The number of rotatable bonds is 5. The number of hydrogen-bond donors (Lipinski definition) is 2. The van der Waals surface area contributed by atoms with Crippen molar-refractivity contribution in [1.82, 2.24) is 5.32 Å². The molecule has 1 aromatic rings. The van der Waals surface area contributed by atoms with Crippen LogP contribution in [0.25, 0.3) is 0 Å². The van der Waals surface area contributed by atoms with Gasteiger partial charge in [-0.1, -0.05) is 23.7 Å². The van der Waals surface area contributed by atoms with E-state index in [2.05, 4.69) is 22.9 Å². The third-order valence-corrected chi connectivity index (χ3v) is 4.24. The molecule has 0 saturated carbocycles. The minimum atomic E-state index is -0.0218. The van der Waals surface area contributed by atoms with Crippen molar-refractivity contribution in [1.29, 1.82) is 0 Å². The second kappa shape index (κ2) is 7.48. The fraction of sp³-hybridized carbons (Fsp3) is 0.438. The number of piperazine rings is 1. The Morgan fingerprint density at radius 2 is 2.24 bits per heavy atom. The summed E-state index contributed by atoms with van der Waals surface area (Å²) < 4.78 is 0. The van der Waals surface area contributed by atoms with Gasteiger partial charge >= 0.3 is 0 Å². The van der Waals surface area contributed by atoms with E-state index in [0.29, 0.717) is 6.54 Å². The number of nitrogens with one attached hydrogen (secondary N) is 2. The molecule has 2 rings (SSSR count). The molecule has 1 aliphatic heterocycles. The number of carbonyl (C=O) groups excluding carboxylic acids is 1. The topological polar surface area (TPSA) is 36.8 Å². The molecule has 21 heavy (non-hydrogen) atoms. The summed E-state index contributed by atoms with van der Waals surface area (Å²) in [5.41, 5.74) is 1.16. The van der Waals surface area contributed by atoms with Crippen LogP contribution >= 0.6 is 11.6 Å². The minimum absolute atomic E-state index is 0.0218. The third-order valence-electron chi connectivity index (χ3n) is 4.01. The summed E-state index contributed by atoms with van der Waals surface area (Å²) in [6.45, 7) is 9.92. The van der Waals surface area contributed by atoms with Crippen molar-refractivity contribution in [3.8, 4) is 0 Å². The Balaban J connectivity index is 1.88. The van der Waals surface area contributed by atoms with E-state index in [1.807, 2.05) is 25.1 Å². The lowest BCUT2D eigenvalue weighted by atomic mass is 10.2. The van der Waals surface area contributed by atoms with Gasteiger partial charge in [0.15, 0.2) is 6.04 Å². The average molecular weight is 309 g/mol. The number of nitrogens with zero attached hydrogens (tertiary/aromatic N) is 1. The van der Waals surface area contributed by atoms with Crippen molar-refractivity contribution < 1.29 is 9.69 Å². The number of hydrogen-bond acceptors (Lipinski definition) is 2. The van der Waals surface area contributed by atoms with Gasteiger partial charge in [0.1, 0.15) is 0 Å². The average Bonchev–Trinajstić information content (AvgIpc) is 2.52. The second-order valence-electron chi connectivity index (χ2n) is 5.38. The van der Waals surface area contributed by atoms with Crippen LogP contribution in [0.3, 0.4) is 0 Å². The van der Waals surface area contributed by atoms with Gasteiger partial charge in [0.2, 0.25) is 0 Å². The maximum Gasteiger partial charge on any atom is 0.278 e. The van der Waals surface area contributed by atoms with Crippen molar-refractivity contribution in [3.05, 3.63) is 41.9 Å². The zero-order valence-corrected chi connectivity index (χ0v) is 13.2. The number of amides is 1. The van der Waals surface area contributed by atoms with Crippen LogP contribution in [0.15, 0.2) is 36.9 Å². The van der Waals surface area contributed by atoms with Gasteiger partial charge in [-0.2, -0.15) is 0 Å². The molecule has 2 N–H and O–H groups in total. The van der Waals surface area contributed by atoms with E-state index in [-0.39, 0.29) is 11.9 Å². The molecule has 1 fully saturated rings. The summed E-state index contributed by atoms with van der Waals surface area (Å²) >= 11 is 6.04. The lowest BCUT2D eigenvalue weighted by Gasteiger charge is -2.36. The molecule has 1 heterocycles. The first-order valence-corrected chi connectivity index (χ1v) is 7.73. The quantitative estimate of drug-likeness (QED) is 0.787. The standard InChI is InChI=1S/C16H22ClN3O/c1-3-7-18-16(21)13(2)19-8-10-20(11-9-19)15-6-4-5-14(17)12-15/h3-6,12-13H,1,7-11H2,2H3,(H,18,21)/p+1/t13-/m1/s1. The van der Waals surface area contributed by atoms with Crippen molar-refractivity contribution in [2.75, 3.05) is 37.6 Å². The van der Waals surface area contributed by atoms with E-state index in [0.717, 1.165) is 36.9 Å². The van der Waals surface area contributed by atoms with Gasteiger partial charge in [0.25, 0.3) is 5.91 Å². The zero-order chi connectivity index (χ0) is 15.2. The lowest BCUT2D eigenvalue weighted by molar-refractivity contribution is -0.914. The molecule has 0 spiro atoms. The Labute approximate surface area is 131 Å². The van der Waals surface area contributed by atoms with Gasteiger partial charge in [-0.3, -0.25) is 4.79 Å². The van der Waals surface area contributed by atoms with E-state index < -0.39 is 0 Å². The summed E-state index contributed by atoms with van der Waals surface area (Å²) in [5.74, 6) is 0.0982. The molecular formula is C16H23ClN3O+. The number of benzene rings is 1.